The first kappa shape index (κ1) is 14.0. The Morgan fingerprint density at radius 3 is 2.48 bits per heavy atom. The van der Waals surface area contributed by atoms with Crippen LogP contribution >= 0.6 is 12.1 Å². The molecule has 2 heterocycles. The van der Waals surface area contributed by atoms with Crippen molar-refractivity contribution in [1.29, 1.82) is 0 Å². The SMILES string of the molecule is O=C1CCCC(=O)N1CCC1=C(c2ccccc2)NSN1. The molecule has 1 aromatic rings. The van der Waals surface area contributed by atoms with Crippen molar-refractivity contribution in [2.45, 2.75) is 25.7 Å². The minimum absolute atomic E-state index is 0.0493. The van der Waals surface area contributed by atoms with Crippen molar-refractivity contribution in [3.63, 3.8) is 0 Å². The second-order valence-corrected chi connectivity index (χ2v) is 5.68. The summed E-state index contributed by atoms with van der Waals surface area (Å²) in [6.07, 6.45) is 2.29. The quantitative estimate of drug-likeness (QED) is 0.658. The third-order valence-electron chi connectivity index (χ3n) is 3.66. The van der Waals surface area contributed by atoms with Gasteiger partial charge >= 0.3 is 0 Å². The van der Waals surface area contributed by atoms with Crippen LogP contribution in [0.3, 0.4) is 0 Å². The molecule has 2 aliphatic rings. The molecule has 21 heavy (non-hydrogen) atoms. The van der Waals surface area contributed by atoms with Crippen LogP contribution in [0.15, 0.2) is 36.0 Å². The van der Waals surface area contributed by atoms with Crippen LogP contribution in [0.25, 0.3) is 5.70 Å². The molecule has 3 rings (SSSR count). The maximum absolute atomic E-state index is 11.8. The van der Waals surface area contributed by atoms with Crippen molar-refractivity contribution in [1.82, 2.24) is 14.3 Å². The Morgan fingerprint density at radius 2 is 1.76 bits per heavy atom. The van der Waals surface area contributed by atoms with Gasteiger partial charge in [-0.2, -0.15) is 0 Å². The monoisotopic (exact) mass is 303 g/mol. The number of nitrogens with zero attached hydrogens (tertiary/aromatic N) is 1. The molecule has 0 spiro atoms. The van der Waals surface area contributed by atoms with E-state index in [0.717, 1.165) is 17.0 Å². The van der Waals surface area contributed by atoms with E-state index in [1.54, 1.807) is 0 Å². The van der Waals surface area contributed by atoms with Crippen molar-refractivity contribution in [3.05, 3.63) is 41.6 Å². The molecule has 5 nitrogen and oxygen atoms in total. The normalized spacial score (nSPS) is 18.8. The fourth-order valence-corrected chi connectivity index (χ4v) is 3.26. The van der Waals surface area contributed by atoms with Crippen LogP contribution in [0, 0.1) is 0 Å². The van der Waals surface area contributed by atoms with Gasteiger partial charge in [0.2, 0.25) is 11.8 Å². The smallest absolute Gasteiger partial charge is 0.229 e. The van der Waals surface area contributed by atoms with Gasteiger partial charge in [-0.25, -0.2) is 0 Å². The van der Waals surface area contributed by atoms with E-state index in [1.165, 1.54) is 17.0 Å². The molecule has 0 atom stereocenters. The number of imide groups is 1. The first-order chi connectivity index (χ1) is 10.3. The Bertz CT molecular complexity index is 570. The van der Waals surface area contributed by atoms with Gasteiger partial charge in [-0.3, -0.25) is 14.5 Å². The summed E-state index contributed by atoms with van der Waals surface area (Å²) < 4.78 is 6.44. The van der Waals surface area contributed by atoms with Crippen molar-refractivity contribution in [3.8, 4) is 0 Å². The summed E-state index contributed by atoms with van der Waals surface area (Å²) in [4.78, 5) is 25.0. The summed E-state index contributed by atoms with van der Waals surface area (Å²) in [6.45, 7) is 0.443. The molecule has 1 fully saturated rings. The average Bonchev–Trinajstić information content (AvgIpc) is 2.96. The summed E-state index contributed by atoms with van der Waals surface area (Å²) in [5, 5.41) is 0. The Balaban J connectivity index is 1.71. The molecule has 0 radical (unpaired) electrons. The van der Waals surface area contributed by atoms with Gasteiger partial charge in [0, 0.05) is 37.1 Å². The summed E-state index contributed by atoms with van der Waals surface area (Å²) in [5.74, 6) is -0.0987. The third-order valence-corrected chi connectivity index (χ3v) is 4.32. The zero-order chi connectivity index (χ0) is 14.7. The van der Waals surface area contributed by atoms with Gasteiger partial charge in [0.15, 0.2) is 0 Å². The van der Waals surface area contributed by atoms with Gasteiger partial charge in [0.1, 0.15) is 0 Å². The molecule has 2 N–H and O–H groups in total. The molecule has 110 valence electrons. The number of carbonyl (C=O) groups is 2. The van der Waals surface area contributed by atoms with Crippen LogP contribution in [0.1, 0.15) is 31.2 Å². The fraction of sp³-hybridized carbons (Fsp3) is 0.333. The molecule has 6 heteroatoms. The Kier molecular flexibility index (Phi) is 4.15. The van der Waals surface area contributed by atoms with E-state index in [-0.39, 0.29) is 11.8 Å². The molecule has 0 aromatic heterocycles. The summed E-state index contributed by atoms with van der Waals surface area (Å²) in [6, 6.07) is 10.0. The Labute approximate surface area is 128 Å². The lowest BCUT2D eigenvalue weighted by Gasteiger charge is -2.24. The second-order valence-electron chi connectivity index (χ2n) is 5.07. The van der Waals surface area contributed by atoms with Crippen LogP contribution < -0.4 is 9.44 Å². The lowest BCUT2D eigenvalue weighted by atomic mass is 10.1. The molecule has 0 aliphatic carbocycles. The summed E-state index contributed by atoms with van der Waals surface area (Å²) >= 11 is 1.41. The number of rotatable bonds is 4. The molecule has 0 unspecified atom stereocenters. The minimum Gasteiger partial charge on any atom is -0.314 e. The van der Waals surface area contributed by atoms with Crippen LogP contribution in [-0.2, 0) is 9.59 Å². The number of benzene rings is 1. The number of carbonyl (C=O) groups excluding carboxylic acids is 2. The number of likely N-dealkylation sites (tertiary alicyclic amines) is 1. The zero-order valence-corrected chi connectivity index (χ0v) is 12.4. The zero-order valence-electron chi connectivity index (χ0n) is 11.6. The molecular formula is C15H17N3O2S. The number of amides is 2. The average molecular weight is 303 g/mol. The van der Waals surface area contributed by atoms with E-state index in [2.05, 4.69) is 9.44 Å². The summed E-state index contributed by atoms with van der Waals surface area (Å²) in [5.41, 5.74) is 3.15. The van der Waals surface area contributed by atoms with Crippen LogP contribution in [-0.4, -0.2) is 23.3 Å². The lowest BCUT2D eigenvalue weighted by molar-refractivity contribution is -0.147. The van der Waals surface area contributed by atoms with Crippen LogP contribution in [0.2, 0.25) is 0 Å². The summed E-state index contributed by atoms with van der Waals surface area (Å²) in [7, 11) is 0. The van der Waals surface area contributed by atoms with Gasteiger partial charge in [-0.15, -0.1) is 0 Å². The van der Waals surface area contributed by atoms with Crippen molar-refractivity contribution in [2.24, 2.45) is 0 Å². The van der Waals surface area contributed by atoms with Gasteiger partial charge in [0.25, 0.3) is 0 Å². The van der Waals surface area contributed by atoms with E-state index >= 15 is 0 Å². The molecule has 2 amide bonds. The van der Waals surface area contributed by atoms with E-state index in [9.17, 15) is 9.59 Å². The van der Waals surface area contributed by atoms with Crippen molar-refractivity contribution >= 4 is 29.6 Å². The molecule has 1 aromatic carbocycles. The Morgan fingerprint density at radius 1 is 1.05 bits per heavy atom. The molecule has 0 saturated carbocycles. The maximum Gasteiger partial charge on any atom is 0.229 e. The first-order valence-corrected chi connectivity index (χ1v) is 7.87. The number of hydrogen-bond donors (Lipinski definition) is 2. The van der Waals surface area contributed by atoms with Crippen LogP contribution in [0.5, 0.6) is 0 Å². The van der Waals surface area contributed by atoms with Gasteiger partial charge in [-0.1, -0.05) is 30.3 Å². The van der Waals surface area contributed by atoms with E-state index < -0.39 is 0 Å². The predicted octanol–water partition coefficient (Wildman–Crippen LogP) is 2.04. The number of nitrogens with one attached hydrogen (secondary N) is 2. The van der Waals surface area contributed by atoms with Crippen LogP contribution in [0.4, 0.5) is 0 Å². The maximum atomic E-state index is 11.8. The Hall–Kier alpha value is -1.95. The molecular weight excluding hydrogens is 286 g/mol. The number of hydrogen-bond acceptors (Lipinski definition) is 5. The number of piperidine rings is 1. The predicted molar refractivity (Wildman–Crippen MR) is 82.4 cm³/mol. The second kappa shape index (κ2) is 6.22. The molecule has 1 saturated heterocycles. The van der Waals surface area contributed by atoms with E-state index in [4.69, 9.17) is 0 Å². The van der Waals surface area contributed by atoms with Gasteiger partial charge in [-0.05, 0) is 6.42 Å². The van der Waals surface area contributed by atoms with E-state index in [1.807, 2.05) is 30.3 Å². The minimum atomic E-state index is -0.0493. The molecule has 0 bridgehead atoms. The fourth-order valence-electron chi connectivity index (χ4n) is 2.54. The lowest BCUT2D eigenvalue weighted by Crippen LogP contribution is -2.40. The third kappa shape index (κ3) is 3.05. The highest BCUT2D eigenvalue weighted by Crippen LogP contribution is 2.25. The first-order valence-electron chi connectivity index (χ1n) is 7.05. The molecule has 2 aliphatic heterocycles. The van der Waals surface area contributed by atoms with E-state index in [0.29, 0.717) is 32.2 Å². The van der Waals surface area contributed by atoms with Crippen molar-refractivity contribution in [2.75, 3.05) is 6.54 Å². The highest BCUT2D eigenvalue weighted by molar-refractivity contribution is 7.96. The van der Waals surface area contributed by atoms with Crippen molar-refractivity contribution < 1.29 is 9.59 Å². The highest BCUT2D eigenvalue weighted by atomic mass is 32.2. The topological polar surface area (TPSA) is 61.4 Å². The highest BCUT2D eigenvalue weighted by Gasteiger charge is 2.26. The van der Waals surface area contributed by atoms with Gasteiger partial charge < -0.3 is 9.44 Å². The standard InChI is InChI=1S/C15H17N3O2S/c19-13-7-4-8-14(20)18(13)10-9-12-15(17-21-16-12)11-5-2-1-3-6-11/h1-3,5-6,16-17H,4,7-10H2. The largest absolute Gasteiger partial charge is 0.314 e. The van der Waals surface area contributed by atoms with Gasteiger partial charge in [0.05, 0.1) is 17.8 Å².